The van der Waals surface area contributed by atoms with Gasteiger partial charge in [0.05, 0.1) is 6.42 Å². The van der Waals surface area contributed by atoms with Crippen molar-refractivity contribution in [2.45, 2.75) is 18.3 Å². The molecule has 0 aromatic carbocycles. The lowest BCUT2D eigenvalue weighted by atomic mass is 9.98. The predicted octanol–water partition coefficient (Wildman–Crippen LogP) is 1.01. The largest absolute Gasteiger partial charge is 0.431 e. The summed E-state index contributed by atoms with van der Waals surface area (Å²) in [4.78, 5) is 14.4. The summed E-state index contributed by atoms with van der Waals surface area (Å²) < 4.78 is 37.6. The minimum absolute atomic E-state index is 0.0547. The number of carbonyl (C=O) groups excluding carboxylic acids is 1. The molecule has 0 saturated heterocycles. The van der Waals surface area contributed by atoms with Crippen molar-refractivity contribution < 1.29 is 23.1 Å². The van der Waals surface area contributed by atoms with Gasteiger partial charge in [0, 0.05) is 18.0 Å². The van der Waals surface area contributed by atoms with Crippen LogP contribution in [-0.4, -0.2) is 33.4 Å². The Hall–Kier alpha value is -1.96. The molecule has 1 amide bonds. The van der Waals surface area contributed by atoms with Gasteiger partial charge < -0.3 is 5.11 Å². The SMILES string of the molecule is O=CN1N=C(C(F)(F)F)CC1(O)c1ccncc1. The number of amides is 1. The third kappa shape index (κ3) is 1.94. The number of aromatic nitrogens is 1. The second-order valence-corrected chi connectivity index (χ2v) is 3.72. The first-order valence-electron chi connectivity index (χ1n) is 4.90. The summed E-state index contributed by atoms with van der Waals surface area (Å²) >= 11 is 0. The number of halogens is 3. The van der Waals surface area contributed by atoms with Gasteiger partial charge in [-0.2, -0.15) is 23.3 Å². The number of hydrazone groups is 1. The lowest BCUT2D eigenvalue weighted by Crippen LogP contribution is -2.39. The van der Waals surface area contributed by atoms with Crippen LogP contribution in [0, 0.1) is 0 Å². The number of rotatable bonds is 2. The van der Waals surface area contributed by atoms with Crippen LogP contribution < -0.4 is 0 Å². The van der Waals surface area contributed by atoms with E-state index in [1.54, 1.807) is 0 Å². The molecule has 1 aliphatic rings. The van der Waals surface area contributed by atoms with Crippen molar-refractivity contribution in [3.63, 3.8) is 0 Å². The third-order valence-corrected chi connectivity index (χ3v) is 2.59. The molecule has 0 saturated carbocycles. The van der Waals surface area contributed by atoms with Crippen LogP contribution in [0.3, 0.4) is 0 Å². The minimum atomic E-state index is -4.68. The van der Waals surface area contributed by atoms with Crippen LogP contribution in [0.4, 0.5) is 13.2 Å². The highest BCUT2D eigenvalue weighted by Gasteiger charge is 2.51. The van der Waals surface area contributed by atoms with Crippen LogP contribution in [-0.2, 0) is 10.5 Å². The Morgan fingerprint density at radius 1 is 1.39 bits per heavy atom. The summed E-state index contributed by atoms with van der Waals surface area (Å²) in [6.07, 6.45) is -2.82. The molecule has 18 heavy (non-hydrogen) atoms. The number of carbonyl (C=O) groups is 1. The average Bonchev–Trinajstić information content (AvgIpc) is 2.69. The Kier molecular flexibility index (Phi) is 2.81. The summed E-state index contributed by atoms with van der Waals surface area (Å²) in [5.41, 5.74) is -3.20. The van der Waals surface area contributed by atoms with Gasteiger partial charge in [0.25, 0.3) is 0 Å². The Balaban J connectivity index is 2.40. The van der Waals surface area contributed by atoms with Gasteiger partial charge in [-0.3, -0.25) is 9.78 Å². The van der Waals surface area contributed by atoms with E-state index in [1.165, 1.54) is 24.5 Å². The molecule has 1 aromatic rings. The fraction of sp³-hybridized carbons (Fsp3) is 0.300. The summed E-state index contributed by atoms with van der Waals surface area (Å²) in [5.74, 6) is 0. The highest BCUT2D eigenvalue weighted by Crippen LogP contribution is 2.38. The van der Waals surface area contributed by atoms with Gasteiger partial charge in [0.1, 0.15) is 5.71 Å². The molecule has 0 bridgehead atoms. The molecule has 0 aliphatic carbocycles. The highest BCUT2D eigenvalue weighted by molar-refractivity contribution is 5.92. The van der Waals surface area contributed by atoms with Crippen LogP contribution in [0.25, 0.3) is 0 Å². The molecule has 1 aromatic heterocycles. The van der Waals surface area contributed by atoms with Crippen LogP contribution in [0.2, 0.25) is 0 Å². The minimum Gasteiger partial charge on any atom is -0.365 e. The van der Waals surface area contributed by atoms with Crippen molar-refractivity contribution >= 4 is 12.1 Å². The molecular weight excluding hydrogens is 251 g/mol. The van der Waals surface area contributed by atoms with E-state index in [4.69, 9.17) is 0 Å². The van der Waals surface area contributed by atoms with E-state index in [9.17, 15) is 23.1 Å². The van der Waals surface area contributed by atoms with Crippen LogP contribution in [0.5, 0.6) is 0 Å². The van der Waals surface area contributed by atoms with E-state index in [2.05, 4.69) is 10.1 Å². The molecule has 1 atom stereocenters. The summed E-state index contributed by atoms with van der Waals surface area (Å²) in [5, 5.41) is 13.7. The topological polar surface area (TPSA) is 65.8 Å². The molecule has 1 aliphatic heterocycles. The average molecular weight is 259 g/mol. The number of alkyl halides is 3. The van der Waals surface area contributed by atoms with E-state index in [1.807, 2.05) is 0 Å². The molecular formula is C10H8F3N3O2. The van der Waals surface area contributed by atoms with Crippen molar-refractivity contribution in [1.29, 1.82) is 0 Å². The zero-order valence-corrected chi connectivity index (χ0v) is 8.92. The number of nitrogens with zero attached hydrogens (tertiary/aromatic N) is 3. The van der Waals surface area contributed by atoms with Crippen LogP contribution >= 0.6 is 0 Å². The maximum Gasteiger partial charge on any atom is 0.431 e. The number of pyridine rings is 1. The van der Waals surface area contributed by atoms with E-state index in [0.29, 0.717) is 5.01 Å². The number of hydrogen-bond donors (Lipinski definition) is 1. The maximum absolute atomic E-state index is 12.5. The van der Waals surface area contributed by atoms with Gasteiger partial charge in [-0.1, -0.05) is 0 Å². The molecule has 1 unspecified atom stereocenters. The Morgan fingerprint density at radius 3 is 2.50 bits per heavy atom. The van der Waals surface area contributed by atoms with E-state index in [-0.39, 0.29) is 12.0 Å². The lowest BCUT2D eigenvalue weighted by molar-refractivity contribution is -0.144. The predicted molar refractivity (Wildman–Crippen MR) is 54.1 cm³/mol. The Bertz CT molecular complexity index is 489. The Morgan fingerprint density at radius 2 is 2.00 bits per heavy atom. The molecule has 8 heteroatoms. The maximum atomic E-state index is 12.5. The second-order valence-electron chi connectivity index (χ2n) is 3.72. The normalized spacial score (nSPS) is 24.0. The van der Waals surface area contributed by atoms with Gasteiger partial charge in [-0.05, 0) is 12.1 Å². The molecule has 2 heterocycles. The standard InChI is InChI=1S/C10H8F3N3O2/c11-10(12,13)8-5-9(18,16(6-17)15-8)7-1-3-14-4-2-7/h1-4,6,18H,5H2. The molecule has 96 valence electrons. The summed E-state index contributed by atoms with van der Waals surface area (Å²) in [6.45, 7) is 0. The van der Waals surface area contributed by atoms with Crippen LogP contribution in [0.1, 0.15) is 12.0 Å². The third-order valence-electron chi connectivity index (χ3n) is 2.59. The monoisotopic (exact) mass is 259 g/mol. The first-order valence-corrected chi connectivity index (χ1v) is 4.90. The van der Waals surface area contributed by atoms with Crippen molar-refractivity contribution in [3.05, 3.63) is 30.1 Å². The van der Waals surface area contributed by atoms with E-state index < -0.39 is 24.0 Å². The number of aliphatic hydroxyl groups is 1. The smallest absolute Gasteiger partial charge is 0.365 e. The fourth-order valence-corrected chi connectivity index (χ4v) is 1.68. The van der Waals surface area contributed by atoms with Crippen molar-refractivity contribution in [1.82, 2.24) is 9.99 Å². The summed E-state index contributed by atoms with van der Waals surface area (Å²) in [6, 6.07) is 2.65. The quantitative estimate of drug-likeness (QED) is 0.806. The van der Waals surface area contributed by atoms with Crippen molar-refractivity contribution in [2.75, 3.05) is 0 Å². The lowest BCUT2D eigenvalue weighted by Gasteiger charge is -2.28. The molecule has 1 N–H and O–H groups in total. The fourth-order valence-electron chi connectivity index (χ4n) is 1.68. The van der Waals surface area contributed by atoms with Gasteiger partial charge in [0.2, 0.25) is 6.41 Å². The molecule has 0 radical (unpaired) electrons. The molecule has 2 rings (SSSR count). The first-order chi connectivity index (χ1) is 8.38. The summed E-state index contributed by atoms with van der Waals surface area (Å²) in [7, 11) is 0. The van der Waals surface area contributed by atoms with E-state index >= 15 is 0 Å². The first kappa shape index (κ1) is 12.5. The van der Waals surface area contributed by atoms with Crippen molar-refractivity contribution in [2.24, 2.45) is 5.10 Å². The zero-order valence-electron chi connectivity index (χ0n) is 8.92. The molecule has 0 spiro atoms. The highest BCUT2D eigenvalue weighted by atomic mass is 19.4. The molecule has 5 nitrogen and oxygen atoms in total. The van der Waals surface area contributed by atoms with Gasteiger partial charge in [-0.25, -0.2) is 0 Å². The molecule has 0 fully saturated rings. The van der Waals surface area contributed by atoms with Crippen molar-refractivity contribution in [3.8, 4) is 0 Å². The van der Waals surface area contributed by atoms with E-state index in [0.717, 1.165) is 0 Å². The van der Waals surface area contributed by atoms with Crippen LogP contribution in [0.15, 0.2) is 29.6 Å². The van der Waals surface area contributed by atoms with Gasteiger partial charge in [0.15, 0.2) is 5.72 Å². The van der Waals surface area contributed by atoms with Gasteiger partial charge in [-0.15, -0.1) is 0 Å². The van der Waals surface area contributed by atoms with Gasteiger partial charge >= 0.3 is 6.18 Å². The number of hydrogen-bond acceptors (Lipinski definition) is 4. The zero-order chi connectivity index (χ0) is 13.4. The second kappa shape index (κ2) is 4.05. The Labute approximate surface area is 99.5 Å².